The van der Waals surface area contributed by atoms with Gasteiger partial charge in [-0.1, -0.05) is 18.2 Å². The molecule has 0 spiro atoms. The molecule has 3 N–H and O–H groups in total. The molecule has 3 aromatic rings. The molecule has 0 saturated carbocycles. The van der Waals surface area contributed by atoms with Gasteiger partial charge in [-0.2, -0.15) is 0 Å². The van der Waals surface area contributed by atoms with Gasteiger partial charge in [0, 0.05) is 29.8 Å². The minimum Gasteiger partial charge on any atom is -0.497 e. The Morgan fingerprint density at radius 2 is 1.95 bits per heavy atom. The number of fused-ring (bicyclic) bond motifs is 3. The maximum Gasteiger partial charge on any atom is 0.262 e. The molecule has 1 amide bonds. The number of aliphatic hydroxyl groups is 1. The van der Waals surface area contributed by atoms with Gasteiger partial charge in [-0.15, -0.1) is 0 Å². The second-order valence-corrected chi connectivity index (χ2v) is 11.2. The number of anilines is 1. The second kappa shape index (κ2) is 11.2. The van der Waals surface area contributed by atoms with Crippen molar-refractivity contribution < 1.29 is 36.9 Å². The Morgan fingerprint density at radius 1 is 1.13 bits per heavy atom. The number of halogens is 1. The fraction of sp³-hybridized carbons (Fsp3) is 0.321. The third-order valence-corrected chi connectivity index (χ3v) is 8.27. The fourth-order valence-corrected chi connectivity index (χ4v) is 6.15. The average molecular weight is 557 g/mol. The van der Waals surface area contributed by atoms with Crippen molar-refractivity contribution in [2.75, 3.05) is 18.4 Å². The Balaban J connectivity index is 1.29. The van der Waals surface area contributed by atoms with Crippen LogP contribution in [-0.4, -0.2) is 51.5 Å². The average Bonchev–Trinajstić information content (AvgIpc) is 3.29. The van der Waals surface area contributed by atoms with Crippen LogP contribution in [0.1, 0.15) is 29.9 Å². The minimum atomic E-state index is -3.88. The van der Waals surface area contributed by atoms with E-state index >= 15 is 0 Å². The number of rotatable bonds is 9. The van der Waals surface area contributed by atoms with Gasteiger partial charge < -0.3 is 24.6 Å². The van der Waals surface area contributed by atoms with Crippen molar-refractivity contribution in [3.05, 3.63) is 83.7 Å². The lowest BCUT2D eigenvalue weighted by Crippen LogP contribution is -2.47. The monoisotopic (exact) mass is 556 g/mol. The second-order valence-electron chi connectivity index (χ2n) is 9.55. The van der Waals surface area contributed by atoms with E-state index in [2.05, 4.69) is 10.0 Å². The molecular formula is C28H29FN2O7S. The third-order valence-electron chi connectivity index (χ3n) is 6.89. The summed E-state index contributed by atoms with van der Waals surface area (Å²) in [5, 5.41) is 12.8. The van der Waals surface area contributed by atoms with Crippen LogP contribution in [0.2, 0.25) is 0 Å². The fourth-order valence-electron chi connectivity index (χ4n) is 5.06. The van der Waals surface area contributed by atoms with Gasteiger partial charge in [-0.05, 0) is 54.4 Å². The highest BCUT2D eigenvalue weighted by atomic mass is 32.2. The highest BCUT2D eigenvalue weighted by molar-refractivity contribution is 7.92. The number of hydrogen-bond acceptors (Lipinski definition) is 7. The highest BCUT2D eigenvalue weighted by Gasteiger charge is 2.46. The van der Waals surface area contributed by atoms with Crippen LogP contribution in [0, 0.1) is 5.82 Å². The smallest absolute Gasteiger partial charge is 0.262 e. The normalized spacial score (nSPS) is 21.8. The van der Waals surface area contributed by atoms with Crippen LogP contribution >= 0.6 is 0 Å². The largest absolute Gasteiger partial charge is 0.497 e. The molecule has 0 aromatic heterocycles. The topological polar surface area (TPSA) is 123 Å². The van der Waals surface area contributed by atoms with E-state index in [-0.39, 0.29) is 42.1 Å². The molecule has 1 saturated heterocycles. The Labute approximate surface area is 226 Å². The van der Waals surface area contributed by atoms with Crippen molar-refractivity contribution in [1.82, 2.24) is 5.32 Å². The maximum absolute atomic E-state index is 13.4. The first-order valence-electron chi connectivity index (χ1n) is 12.5. The van der Waals surface area contributed by atoms with Gasteiger partial charge in [0.2, 0.25) is 5.91 Å². The molecule has 2 aliphatic rings. The van der Waals surface area contributed by atoms with Crippen molar-refractivity contribution in [3.8, 4) is 11.5 Å². The summed E-state index contributed by atoms with van der Waals surface area (Å²) in [6.07, 6.45) is -1.14. The molecule has 9 nitrogen and oxygen atoms in total. The van der Waals surface area contributed by atoms with Crippen molar-refractivity contribution >= 4 is 21.6 Å². The molecule has 0 aliphatic carbocycles. The van der Waals surface area contributed by atoms with Gasteiger partial charge in [0.25, 0.3) is 10.0 Å². The van der Waals surface area contributed by atoms with Gasteiger partial charge in [-0.25, -0.2) is 12.8 Å². The molecule has 2 aliphatic heterocycles. The van der Waals surface area contributed by atoms with Gasteiger partial charge in [0.15, 0.2) is 0 Å². The predicted octanol–water partition coefficient (Wildman–Crippen LogP) is 3.34. The molecule has 4 atom stereocenters. The summed E-state index contributed by atoms with van der Waals surface area (Å²) >= 11 is 0. The number of methoxy groups -OCH3 is 1. The maximum atomic E-state index is 13.4. The van der Waals surface area contributed by atoms with E-state index in [4.69, 9.17) is 14.2 Å². The molecule has 1 fully saturated rings. The summed E-state index contributed by atoms with van der Waals surface area (Å²) in [5.41, 5.74) is 1.78. The van der Waals surface area contributed by atoms with Crippen molar-refractivity contribution in [1.29, 1.82) is 0 Å². The molecule has 11 heteroatoms. The van der Waals surface area contributed by atoms with Crippen LogP contribution < -0.4 is 19.5 Å². The van der Waals surface area contributed by atoms with E-state index in [1.807, 2.05) is 0 Å². The lowest BCUT2D eigenvalue weighted by atomic mass is 9.84. The standard InChI is InChI=1S/C28H29FN2O7S/c1-36-20-6-3-7-22(12-20)39(34,35)31-19-8-9-25-23(11-19)24-13-21(37-26(16-32)28(24)38-25)14-27(33)30-15-17-4-2-5-18(29)10-17/h2-12,21,24,26,28,31-32H,13-16H2,1H3,(H,30,33)/t21-,24+,26-,28-/m1/s1. The number of benzene rings is 3. The molecule has 206 valence electrons. The van der Waals surface area contributed by atoms with Crippen molar-refractivity contribution in [2.45, 2.75) is 48.5 Å². The van der Waals surface area contributed by atoms with E-state index in [1.165, 1.54) is 31.4 Å². The summed E-state index contributed by atoms with van der Waals surface area (Å²) in [7, 11) is -2.42. The summed E-state index contributed by atoms with van der Waals surface area (Å²) in [6, 6.07) is 17.2. The third kappa shape index (κ3) is 6.00. The molecule has 0 bridgehead atoms. The predicted molar refractivity (Wildman–Crippen MR) is 141 cm³/mol. The van der Waals surface area contributed by atoms with Crippen LogP contribution in [0.25, 0.3) is 0 Å². The summed E-state index contributed by atoms with van der Waals surface area (Å²) < 4.78 is 59.2. The van der Waals surface area contributed by atoms with Gasteiger partial charge in [0.1, 0.15) is 29.5 Å². The van der Waals surface area contributed by atoms with E-state index < -0.39 is 28.3 Å². The summed E-state index contributed by atoms with van der Waals surface area (Å²) in [4.78, 5) is 12.7. The Morgan fingerprint density at radius 3 is 2.72 bits per heavy atom. The number of nitrogens with one attached hydrogen (secondary N) is 2. The minimum absolute atomic E-state index is 0.0481. The Bertz CT molecular complexity index is 1470. The molecule has 39 heavy (non-hydrogen) atoms. The van der Waals surface area contributed by atoms with E-state index in [0.717, 1.165) is 5.56 Å². The number of carbonyl (C=O) groups excluding carboxylic acids is 1. The van der Waals surface area contributed by atoms with E-state index in [9.17, 15) is 22.7 Å². The SMILES string of the molecule is COc1cccc(S(=O)(=O)Nc2ccc3c(c2)[C@@H]2C[C@H](CC(=O)NCc4cccc(F)c4)O[C@H](CO)[C@@H]2O3)c1. The van der Waals surface area contributed by atoms with Crippen LogP contribution in [0.15, 0.2) is 71.6 Å². The van der Waals surface area contributed by atoms with Crippen LogP contribution in [-0.2, 0) is 26.1 Å². The first-order valence-corrected chi connectivity index (χ1v) is 14.0. The van der Waals surface area contributed by atoms with E-state index in [1.54, 1.807) is 42.5 Å². The van der Waals surface area contributed by atoms with Gasteiger partial charge in [0.05, 0.1) is 31.1 Å². The molecule has 0 radical (unpaired) electrons. The Hall–Kier alpha value is -3.67. The summed E-state index contributed by atoms with van der Waals surface area (Å²) in [5.74, 6) is 0.143. The quantitative estimate of drug-likeness (QED) is 0.370. The number of hydrogen-bond donors (Lipinski definition) is 3. The number of ether oxygens (including phenoxy) is 3. The molecule has 0 unspecified atom stereocenters. The number of aliphatic hydroxyl groups excluding tert-OH is 1. The lowest BCUT2D eigenvalue weighted by Gasteiger charge is -2.37. The highest BCUT2D eigenvalue weighted by Crippen LogP contribution is 2.47. The zero-order chi connectivity index (χ0) is 27.6. The number of carbonyl (C=O) groups is 1. The molecule has 2 heterocycles. The molecule has 5 rings (SSSR count). The first kappa shape index (κ1) is 26.9. The molecule has 3 aromatic carbocycles. The first-order chi connectivity index (χ1) is 18.8. The number of amides is 1. The zero-order valence-electron chi connectivity index (χ0n) is 21.2. The van der Waals surface area contributed by atoms with Crippen molar-refractivity contribution in [2.24, 2.45) is 0 Å². The summed E-state index contributed by atoms with van der Waals surface area (Å²) in [6.45, 7) is -0.118. The van der Waals surface area contributed by atoms with Crippen LogP contribution in [0.5, 0.6) is 11.5 Å². The lowest BCUT2D eigenvalue weighted by molar-refractivity contribution is -0.142. The number of sulfonamides is 1. The van der Waals surface area contributed by atoms with Crippen LogP contribution in [0.3, 0.4) is 0 Å². The zero-order valence-corrected chi connectivity index (χ0v) is 22.0. The van der Waals surface area contributed by atoms with E-state index in [0.29, 0.717) is 29.2 Å². The Kier molecular flexibility index (Phi) is 7.74. The van der Waals surface area contributed by atoms with Gasteiger partial charge >= 0.3 is 0 Å². The molecular weight excluding hydrogens is 527 g/mol. The van der Waals surface area contributed by atoms with Crippen molar-refractivity contribution in [3.63, 3.8) is 0 Å². The van der Waals surface area contributed by atoms with Crippen LogP contribution in [0.4, 0.5) is 10.1 Å². The van der Waals surface area contributed by atoms with Gasteiger partial charge in [-0.3, -0.25) is 9.52 Å².